The molecule has 3 rings (SSSR count). The first-order chi connectivity index (χ1) is 16.7. The van der Waals surface area contributed by atoms with Gasteiger partial charge in [-0.3, -0.25) is 14.4 Å². The van der Waals surface area contributed by atoms with Crippen molar-refractivity contribution >= 4 is 35.0 Å². The Balaban J connectivity index is 1.69. The molecule has 0 fully saturated rings. The molecule has 7 heteroatoms. The van der Waals surface area contributed by atoms with Crippen LogP contribution in [0.3, 0.4) is 0 Å². The highest BCUT2D eigenvalue weighted by Gasteiger charge is 2.23. The highest BCUT2D eigenvalue weighted by molar-refractivity contribution is 6.33. The highest BCUT2D eigenvalue weighted by atomic mass is 35.5. The number of amides is 3. The number of nitrogens with one attached hydrogen (secondary N) is 2. The van der Waals surface area contributed by atoms with Gasteiger partial charge in [-0.05, 0) is 49.6 Å². The van der Waals surface area contributed by atoms with E-state index in [-0.39, 0.29) is 30.7 Å². The van der Waals surface area contributed by atoms with E-state index in [1.165, 1.54) is 4.90 Å². The second kappa shape index (κ2) is 11.7. The average Bonchev–Trinajstić information content (AvgIpc) is 2.81. The van der Waals surface area contributed by atoms with Crippen molar-refractivity contribution in [2.24, 2.45) is 0 Å². The molecule has 0 bridgehead atoms. The van der Waals surface area contributed by atoms with Gasteiger partial charge in [-0.2, -0.15) is 0 Å². The molecular formula is C28H30ClN3O3. The minimum atomic E-state index is -0.584. The Morgan fingerprint density at radius 2 is 1.51 bits per heavy atom. The van der Waals surface area contributed by atoms with Gasteiger partial charge in [0.25, 0.3) is 5.91 Å². The number of aryl methyl sites for hydroxylation is 3. The van der Waals surface area contributed by atoms with Crippen LogP contribution in [0.2, 0.25) is 5.02 Å². The van der Waals surface area contributed by atoms with Gasteiger partial charge in [-0.15, -0.1) is 0 Å². The van der Waals surface area contributed by atoms with E-state index >= 15 is 0 Å². The summed E-state index contributed by atoms with van der Waals surface area (Å²) in [5.74, 6) is -0.930. The minimum absolute atomic E-state index is 0.00737. The van der Waals surface area contributed by atoms with E-state index in [0.29, 0.717) is 10.6 Å². The number of halogens is 1. The number of anilines is 1. The Morgan fingerprint density at radius 3 is 2.14 bits per heavy atom. The molecule has 0 saturated carbocycles. The number of hydrogen-bond acceptors (Lipinski definition) is 3. The van der Waals surface area contributed by atoms with Crippen molar-refractivity contribution in [3.05, 3.63) is 99.6 Å². The lowest BCUT2D eigenvalue weighted by atomic mass is 10.0. The second-order valence-electron chi connectivity index (χ2n) is 8.69. The molecular weight excluding hydrogens is 462 g/mol. The molecule has 0 heterocycles. The van der Waals surface area contributed by atoms with Gasteiger partial charge in [-0.1, -0.05) is 71.8 Å². The zero-order valence-corrected chi connectivity index (χ0v) is 21.1. The molecule has 2 N–H and O–H groups in total. The molecule has 0 aromatic heterocycles. The van der Waals surface area contributed by atoms with E-state index in [2.05, 4.69) is 10.6 Å². The number of nitrogens with zero attached hydrogens (tertiary/aromatic N) is 1. The fraction of sp³-hybridized carbons (Fsp3) is 0.250. The lowest BCUT2D eigenvalue weighted by Gasteiger charge is -2.23. The van der Waals surface area contributed by atoms with Crippen molar-refractivity contribution < 1.29 is 14.4 Å². The fourth-order valence-electron chi connectivity index (χ4n) is 4.01. The predicted octanol–water partition coefficient (Wildman–Crippen LogP) is 5.22. The van der Waals surface area contributed by atoms with Gasteiger partial charge in [-0.25, -0.2) is 0 Å². The number of likely N-dealkylation sites (N-methyl/N-ethyl adjacent to an activating group) is 1. The molecule has 0 radical (unpaired) electrons. The largest absolute Gasteiger partial charge is 0.345 e. The van der Waals surface area contributed by atoms with Crippen LogP contribution in [0.1, 0.15) is 45.1 Å². The Hall–Kier alpha value is -3.64. The molecule has 182 valence electrons. The Labute approximate surface area is 211 Å². The van der Waals surface area contributed by atoms with Gasteiger partial charge in [0.1, 0.15) is 0 Å². The summed E-state index contributed by atoms with van der Waals surface area (Å²) in [6.45, 7) is 5.78. The molecule has 3 aromatic rings. The Morgan fingerprint density at radius 1 is 0.914 bits per heavy atom. The van der Waals surface area contributed by atoms with Gasteiger partial charge in [0.15, 0.2) is 0 Å². The SMILES string of the molecule is Cc1cc(C)c(NC(=O)CN(C)C(=O)CC(NC(=O)c2ccccc2Cl)c2ccccc2)c(C)c1. The summed E-state index contributed by atoms with van der Waals surface area (Å²) in [5.41, 5.74) is 4.93. The number of benzene rings is 3. The molecule has 1 atom stereocenters. The Bertz CT molecular complexity index is 1200. The highest BCUT2D eigenvalue weighted by Crippen LogP contribution is 2.23. The van der Waals surface area contributed by atoms with Crippen molar-refractivity contribution in [2.45, 2.75) is 33.2 Å². The van der Waals surface area contributed by atoms with Crippen LogP contribution in [0.15, 0.2) is 66.7 Å². The average molecular weight is 492 g/mol. The summed E-state index contributed by atoms with van der Waals surface area (Å²) in [4.78, 5) is 40.0. The second-order valence-corrected chi connectivity index (χ2v) is 9.10. The molecule has 0 saturated heterocycles. The molecule has 3 aromatic carbocycles. The quantitative estimate of drug-likeness (QED) is 0.453. The third-order valence-corrected chi connectivity index (χ3v) is 6.08. The predicted molar refractivity (Wildman–Crippen MR) is 140 cm³/mol. The Kier molecular flexibility index (Phi) is 8.66. The summed E-state index contributed by atoms with van der Waals surface area (Å²) in [5, 5.41) is 6.17. The summed E-state index contributed by atoms with van der Waals surface area (Å²) < 4.78 is 0. The normalized spacial score (nSPS) is 11.5. The summed E-state index contributed by atoms with van der Waals surface area (Å²) in [6.07, 6.45) is -0.00737. The smallest absolute Gasteiger partial charge is 0.253 e. The maximum atomic E-state index is 13.0. The van der Waals surface area contributed by atoms with E-state index in [4.69, 9.17) is 11.6 Å². The van der Waals surface area contributed by atoms with Crippen LogP contribution in [-0.4, -0.2) is 36.2 Å². The van der Waals surface area contributed by atoms with Gasteiger partial charge < -0.3 is 15.5 Å². The van der Waals surface area contributed by atoms with E-state index < -0.39 is 6.04 Å². The summed E-state index contributed by atoms with van der Waals surface area (Å²) >= 11 is 6.18. The lowest BCUT2D eigenvalue weighted by molar-refractivity contribution is -0.133. The molecule has 6 nitrogen and oxygen atoms in total. The van der Waals surface area contributed by atoms with Crippen molar-refractivity contribution in [2.75, 3.05) is 18.9 Å². The lowest BCUT2D eigenvalue weighted by Crippen LogP contribution is -2.38. The van der Waals surface area contributed by atoms with Crippen molar-refractivity contribution in [1.29, 1.82) is 0 Å². The molecule has 0 aliphatic rings. The van der Waals surface area contributed by atoms with Gasteiger partial charge in [0, 0.05) is 12.7 Å². The zero-order chi connectivity index (χ0) is 25.5. The van der Waals surface area contributed by atoms with Crippen molar-refractivity contribution in [3.63, 3.8) is 0 Å². The first kappa shape index (κ1) is 26.0. The number of carbonyl (C=O) groups excluding carboxylic acids is 3. The van der Waals surface area contributed by atoms with Crippen LogP contribution >= 0.6 is 11.6 Å². The summed E-state index contributed by atoms with van der Waals surface area (Å²) in [6, 6.07) is 19.4. The van der Waals surface area contributed by atoms with Crippen molar-refractivity contribution in [3.8, 4) is 0 Å². The van der Waals surface area contributed by atoms with E-state index in [9.17, 15) is 14.4 Å². The first-order valence-electron chi connectivity index (χ1n) is 11.4. The number of hydrogen-bond donors (Lipinski definition) is 2. The third-order valence-electron chi connectivity index (χ3n) is 5.75. The molecule has 1 unspecified atom stereocenters. The monoisotopic (exact) mass is 491 g/mol. The van der Waals surface area contributed by atoms with Crippen LogP contribution in [-0.2, 0) is 9.59 Å². The maximum absolute atomic E-state index is 13.0. The zero-order valence-electron chi connectivity index (χ0n) is 20.4. The number of carbonyl (C=O) groups is 3. The van der Waals surface area contributed by atoms with Gasteiger partial charge >= 0.3 is 0 Å². The van der Waals surface area contributed by atoms with E-state index in [0.717, 1.165) is 27.9 Å². The first-order valence-corrected chi connectivity index (χ1v) is 11.8. The van der Waals surface area contributed by atoms with Crippen LogP contribution < -0.4 is 10.6 Å². The standard InChI is InChI=1S/C28H30ClN3O3/c1-18-14-19(2)27(20(3)15-18)31-25(33)17-32(4)26(34)16-24(21-10-6-5-7-11-21)30-28(35)22-12-8-9-13-23(22)29/h5-15,24H,16-17H2,1-4H3,(H,30,35)(H,31,33). The number of rotatable bonds is 8. The van der Waals surface area contributed by atoms with Gasteiger partial charge in [0.2, 0.25) is 11.8 Å². The van der Waals surface area contributed by atoms with Crippen molar-refractivity contribution in [1.82, 2.24) is 10.2 Å². The molecule has 35 heavy (non-hydrogen) atoms. The van der Waals surface area contributed by atoms with Crippen LogP contribution in [0.25, 0.3) is 0 Å². The molecule has 0 aliphatic heterocycles. The molecule has 0 aliphatic carbocycles. The maximum Gasteiger partial charge on any atom is 0.253 e. The minimum Gasteiger partial charge on any atom is -0.345 e. The van der Waals surface area contributed by atoms with E-state index in [1.54, 1.807) is 31.3 Å². The fourth-order valence-corrected chi connectivity index (χ4v) is 4.23. The van der Waals surface area contributed by atoms with E-state index in [1.807, 2.05) is 63.2 Å². The molecule has 3 amide bonds. The topological polar surface area (TPSA) is 78.5 Å². The van der Waals surface area contributed by atoms with Crippen LogP contribution in [0.5, 0.6) is 0 Å². The summed E-state index contributed by atoms with van der Waals surface area (Å²) in [7, 11) is 1.58. The van der Waals surface area contributed by atoms with Gasteiger partial charge in [0.05, 0.1) is 29.6 Å². The molecule has 0 spiro atoms. The van der Waals surface area contributed by atoms with Crippen LogP contribution in [0.4, 0.5) is 5.69 Å². The third kappa shape index (κ3) is 6.93. The van der Waals surface area contributed by atoms with Crippen LogP contribution in [0, 0.1) is 20.8 Å².